The Kier molecular flexibility index (Phi) is 1.75. The topological polar surface area (TPSA) is 27.7 Å². The van der Waals surface area contributed by atoms with Gasteiger partial charge in [0.1, 0.15) is 0 Å². The molecular weight excluding hydrogens is 120 g/mol. The molecule has 0 saturated carbocycles. The Hall–Kier alpha value is -0.120. The van der Waals surface area contributed by atoms with E-state index in [2.05, 4.69) is 0 Å². The van der Waals surface area contributed by atoms with E-state index >= 15 is 0 Å². The predicted octanol–water partition coefficient (Wildman–Crippen LogP) is 1.44. The van der Waals surface area contributed by atoms with E-state index in [-0.39, 0.29) is 6.29 Å². The van der Waals surface area contributed by atoms with Crippen LogP contribution < -0.4 is 0 Å². The molecule has 1 heterocycles. The Morgan fingerprint density at radius 3 is 2.44 bits per heavy atom. The minimum Gasteiger partial charge on any atom is -0.316 e. The van der Waals surface area contributed by atoms with E-state index in [9.17, 15) is 0 Å². The van der Waals surface area contributed by atoms with E-state index in [4.69, 9.17) is 14.5 Å². The Morgan fingerprint density at radius 1 is 1.56 bits per heavy atom. The fourth-order valence-corrected chi connectivity index (χ4v) is 0.702. The first-order valence-corrected chi connectivity index (χ1v) is 3.18. The molecule has 1 fully saturated rings. The summed E-state index contributed by atoms with van der Waals surface area (Å²) in [4.78, 5) is 9.62. The molecule has 0 amide bonds. The van der Waals surface area contributed by atoms with Crippen LogP contribution in [0.25, 0.3) is 0 Å². The second kappa shape index (κ2) is 2.25. The zero-order valence-corrected chi connectivity index (χ0v) is 6.01. The van der Waals surface area contributed by atoms with Crippen molar-refractivity contribution in [3.63, 3.8) is 0 Å². The summed E-state index contributed by atoms with van der Waals surface area (Å²) in [5.41, 5.74) is 0. The first-order valence-electron chi connectivity index (χ1n) is 3.18. The largest absolute Gasteiger partial charge is 0.316 e. The van der Waals surface area contributed by atoms with Gasteiger partial charge in [0.15, 0.2) is 6.29 Å². The van der Waals surface area contributed by atoms with Crippen molar-refractivity contribution in [3.05, 3.63) is 0 Å². The maximum absolute atomic E-state index is 5.25. The number of hydrogen-bond donors (Lipinski definition) is 0. The molecule has 1 aliphatic heterocycles. The molecule has 0 aliphatic carbocycles. The average Bonchev–Trinajstić information content (AvgIpc) is 2.13. The summed E-state index contributed by atoms with van der Waals surface area (Å²) < 4.78 is 5.25. The van der Waals surface area contributed by atoms with Crippen molar-refractivity contribution in [1.29, 1.82) is 0 Å². The summed E-state index contributed by atoms with van der Waals surface area (Å²) in [5.74, 6) is -0.514. The Balaban J connectivity index is 2.45. The smallest absolute Gasteiger partial charge is 0.201 e. The van der Waals surface area contributed by atoms with Crippen LogP contribution in [0.4, 0.5) is 0 Å². The van der Waals surface area contributed by atoms with E-state index in [1.165, 1.54) is 0 Å². The first-order chi connectivity index (χ1) is 4.16. The van der Waals surface area contributed by atoms with Crippen LogP contribution >= 0.6 is 0 Å². The summed E-state index contributed by atoms with van der Waals surface area (Å²) in [7, 11) is 0. The molecule has 0 radical (unpaired) electrons. The molecule has 1 saturated heterocycles. The molecule has 54 valence electrons. The van der Waals surface area contributed by atoms with Crippen molar-refractivity contribution in [3.8, 4) is 0 Å². The predicted molar refractivity (Wildman–Crippen MR) is 31.4 cm³/mol. The molecule has 0 aromatic rings. The van der Waals surface area contributed by atoms with Crippen LogP contribution in [0.3, 0.4) is 0 Å². The fourth-order valence-electron chi connectivity index (χ4n) is 0.702. The third kappa shape index (κ3) is 1.41. The van der Waals surface area contributed by atoms with Gasteiger partial charge in [-0.3, -0.25) is 0 Å². The van der Waals surface area contributed by atoms with Crippen LogP contribution in [0.5, 0.6) is 0 Å². The van der Waals surface area contributed by atoms with Gasteiger partial charge in [-0.15, -0.1) is 0 Å². The Labute approximate surface area is 54.8 Å². The van der Waals surface area contributed by atoms with Crippen LogP contribution in [0.2, 0.25) is 0 Å². The van der Waals surface area contributed by atoms with Gasteiger partial charge in [0.05, 0.1) is 0 Å². The van der Waals surface area contributed by atoms with Gasteiger partial charge in [0.2, 0.25) is 5.79 Å². The molecule has 3 heteroatoms. The van der Waals surface area contributed by atoms with Gasteiger partial charge in [-0.25, -0.2) is 4.89 Å². The van der Waals surface area contributed by atoms with Crippen molar-refractivity contribution >= 4 is 0 Å². The fraction of sp³-hybridized carbons (Fsp3) is 1.00. The van der Waals surface area contributed by atoms with Gasteiger partial charge in [0.25, 0.3) is 0 Å². The van der Waals surface area contributed by atoms with Crippen molar-refractivity contribution in [1.82, 2.24) is 0 Å². The zero-order chi connectivity index (χ0) is 6.91. The lowest BCUT2D eigenvalue weighted by Crippen LogP contribution is -2.24. The number of rotatable bonds is 1. The molecule has 0 bridgehead atoms. The third-order valence-electron chi connectivity index (χ3n) is 1.42. The normalized spacial score (nSPS) is 43.7. The average molecular weight is 132 g/mol. The lowest BCUT2D eigenvalue weighted by atomic mass is 10.2. The highest BCUT2D eigenvalue weighted by molar-refractivity contribution is 4.60. The van der Waals surface area contributed by atoms with Crippen molar-refractivity contribution in [2.45, 2.75) is 39.3 Å². The maximum atomic E-state index is 5.25. The summed E-state index contributed by atoms with van der Waals surface area (Å²) >= 11 is 0. The van der Waals surface area contributed by atoms with Crippen LogP contribution in [-0.4, -0.2) is 12.1 Å². The SMILES string of the molecule is CCC1(C)OOC(C)O1. The lowest BCUT2D eigenvalue weighted by molar-refractivity contribution is -0.324. The van der Waals surface area contributed by atoms with Crippen molar-refractivity contribution < 1.29 is 14.5 Å². The minimum absolute atomic E-state index is 0.227. The number of hydrogen-bond acceptors (Lipinski definition) is 3. The molecule has 0 N–H and O–H groups in total. The molecule has 3 nitrogen and oxygen atoms in total. The zero-order valence-electron chi connectivity index (χ0n) is 6.01. The van der Waals surface area contributed by atoms with Crippen LogP contribution in [0.15, 0.2) is 0 Å². The molecule has 2 atom stereocenters. The summed E-state index contributed by atoms with van der Waals surface area (Å²) in [6.45, 7) is 5.65. The van der Waals surface area contributed by atoms with E-state index in [0.717, 1.165) is 6.42 Å². The molecule has 9 heavy (non-hydrogen) atoms. The summed E-state index contributed by atoms with van der Waals surface area (Å²) in [5, 5.41) is 0. The highest BCUT2D eigenvalue weighted by Crippen LogP contribution is 2.26. The molecule has 1 aliphatic rings. The maximum Gasteiger partial charge on any atom is 0.201 e. The second-order valence-electron chi connectivity index (χ2n) is 2.35. The highest BCUT2D eigenvalue weighted by atomic mass is 17.3. The van der Waals surface area contributed by atoms with Gasteiger partial charge in [-0.2, -0.15) is 4.89 Å². The third-order valence-corrected chi connectivity index (χ3v) is 1.42. The Bertz CT molecular complexity index is 104. The quantitative estimate of drug-likeness (QED) is 0.505. The van der Waals surface area contributed by atoms with Gasteiger partial charge in [-0.1, -0.05) is 6.92 Å². The Morgan fingerprint density at radius 2 is 2.22 bits per heavy atom. The molecule has 0 spiro atoms. The van der Waals surface area contributed by atoms with Crippen molar-refractivity contribution in [2.75, 3.05) is 0 Å². The van der Waals surface area contributed by atoms with Crippen molar-refractivity contribution in [2.24, 2.45) is 0 Å². The molecule has 0 aromatic heterocycles. The molecule has 2 unspecified atom stereocenters. The minimum atomic E-state index is -0.514. The van der Waals surface area contributed by atoms with Crippen LogP contribution in [0, 0.1) is 0 Å². The molecule has 0 aromatic carbocycles. The molecule has 1 rings (SSSR count). The van der Waals surface area contributed by atoms with E-state index < -0.39 is 5.79 Å². The van der Waals surface area contributed by atoms with Gasteiger partial charge >= 0.3 is 0 Å². The molecular formula is C6H12O3. The van der Waals surface area contributed by atoms with E-state index in [1.54, 1.807) is 6.92 Å². The monoisotopic (exact) mass is 132 g/mol. The summed E-state index contributed by atoms with van der Waals surface area (Å²) in [6, 6.07) is 0. The lowest BCUT2D eigenvalue weighted by Gasteiger charge is -2.15. The standard InChI is InChI=1S/C6H12O3/c1-4-6(3)7-5(2)8-9-6/h5H,4H2,1-3H3. The summed E-state index contributed by atoms with van der Waals surface area (Å²) in [6.07, 6.45) is 0.576. The van der Waals surface area contributed by atoms with Gasteiger partial charge in [0, 0.05) is 6.42 Å². The number of ether oxygens (including phenoxy) is 1. The van der Waals surface area contributed by atoms with Gasteiger partial charge in [-0.05, 0) is 13.8 Å². The van der Waals surface area contributed by atoms with E-state index in [1.807, 2.05) is 13.8 Å². The second-order valence-corrected chi connectivity index (χ2v) is 2.35. The van der Waals surface area contributed by atoms with Gasteiger partial charge < -0.3 is 4.74 Å². The highest BCUT2D eigenvalue weighted by Gasteiger charge is 2.35. The van der Waals surface area contributed by atoms with Crippen LogP contribution in [0.1, 0.15) is 27.2 Å². The van der Waals surface area contributed by atoms with E-state index in [0.29, 0.717) is 0 Å². The van der Waals surface area contributed by atoms with Crippen LogP contribution in [-0.2, 0) is 14.5 Å². The first kappa shape index (κ1) is 6.99.